The molecule has 2 aliphatic heterocycles. The fraction of sp³-hybridized carbons (Fsp3) is 0.385. The van der Waals surface area contributed by atoms with Gasteiger partial charge in [0.05, 0.1) is 23.3 Å². The standard InChI is InChI=1S/C26H29N9/c27-24-33-25(31-18-12-17-14-28-11-6-20(17)30-15-18)34-35(24)22-13-19(23-21(32-22)2-1-10-29-23)26-7-3-16(4-8-26)5-9-26/h3-4,7,12-13,15,28-29H,1-2,5-6,8-11,14H2,(H3,27,31,33,34). The van der Waals surface area contributed by atoms with Crippen molar-refractivity contribution in [1.82, 2.24) is 30.0 Å². The summed E-state index contributed by atoms with van der Waals surface area (Å²) in [7, 11) is 0. The lowest BCUT2D eigenvalue weighted by Crippen LogP contribution is -2.32. The second-order valence-corrected chi connectivity index (χ2v) is 9.94. The van der Waals surface area contributed by atoms with E-state index >= 15 is 0 Å². The molecule has 9 heteroatoms. The third-order valence-electron chi connectivity index (χ3n) is 7.73. The van der Waals surface area contributed by atoms with Crippen LogP contribution in [0.4, 0.5) is 23.3 Å². The number of aromatic nitrogens is 5. The Kier molecular flexibility index (Phi) is 4.66. The van der Waals surface area contributed by atoms with Crippen LogP contribution in [0.25, 0.3) is 5.82 Å². The van der Waals surface area contributed by atoms with Crippen LogP contribution in [0.15, 0.2) is 42.1 Å². The van der Waals surface area contributed by atoms with E-state index in [0.29, 0.717) is 11.9 Å². The molecule has 0 aromatic carbocycles. The van der Waals surface area contributed by atoms with Gasteiger partial charge in [-0.15, -0.1) is 5.10 Å². The summed E-state index contributed by atoms with van der Waals surface area (Å²) in [6.45, 7) is 2.77. The van der Waals surface area contributed by atoms with Gasteiger partial charge in [-0.2, -0.15) is 9.67 Å². The van der Waals surface area contributed by atoms with Crippen LogP contribution < -0.4 is 21.7 Å². The first-order chi connectivity index (χ1) is 17.2. The number of allylic oxidation sites excluding steroid dienone is 4. The Morgan fingerprint density at radius 2 is 2.06 bits per heavy atom. The zero-order chi connectivity index (χ0) is 23.4. The van der Waals surface area contributed by atoms with E-state index in [9.17, 15) is 0 Å². The van der Waals surface area contributed by atoms with Crippen molar-refractivity contribution in [1.29, 1.82) is 0 Å². The predicted octanol–water partition coefficient (Wildman–Crippen LogP) is 3.30. The van der Waals surface area contributed by atoms with Gasteiger partial charge in [0, 0.05) is 37.2 Å². The summed E-state index contributed by atoms with van der Waals surface area (Å²) < 4.78 is 1.65. The lowest BCUT2D eigenvalue weighted by molar-refractivity contribution is 0.460. The van der Waals surface area contributed by atoms with E-state index in [2.05, 4.69) is 56.3 Å². The molecule has 9 nitrogen and oxygen atoms in total. The van der Waals surface area contributed by atoms with E-state index in [0.717, 1.165) is 81.1 Å². The third-order valence-corrected chi connectivity index (χ3v) is 7.73. The summed E-state index contributed by atoms with van der Waals surface area (Å²) in [5.74, 6) is 1.47. The molecular weight excluding hydrogens is 438 g/mol. The minimum atomic E-state index is -0.00682. The van der Waals surface area contributed by atoms with E-state index in [1.54, 1.807) is 4.68 Å². The van der Waals surface area contributed by atoms with Gasteiger partial charge in [-0.1, -0.05) is 23.8 Å². The van der Waals surface area contributed by atoms with Crippen molar-refractivity contribution in [3.05, 3.63) is 64.6 Å². The molecule has 3 aliphatic carbocycles. The quantitative estimate of drug-likeness (QED) is 0.462. The van der Waals surface area contributed by atoms with Crippen molar-refractivity contribution in [2.75, 3.05) is 29.5 Å². The van der Waals surface area contributed by atoms with Crippen LogP contribution in [0, 0.1) is 0 Å². The molecule has 5 N–H and O–H groups in total. The number of hydrogen-bond acceptors (Lipinski definition) is 8. The Labute approximate surface area is 204 Å². The van der Waals surface area contributed by atoms with Gasteiger partial charge in [0.15, 0.2) is 5.82 Å². The molecule has 1 unspecified atom stereocenters. The first kappa shape index (κ1) is 20.6. The van der Waals surface area contributed by atoms with Gasteiger partial charge in [-0.3, -0.25) is 4.98 Å². The number of hydrogen-bond donors (Lipinski definition) is 4. The van der Waals surface area contributed by atoms with Crippen LogP contribution in [0.3, 0.4) is 0 Å². The zero-order valence-electron chi connectivity index (χ0n) is 19.6. The smallest absolute Gasteiger partial charge is 0.248 e. The van der Waals surface area contributed by atoms with Crippen LogP contribution in [-0.2, 0) is 24.8 Å². The summed E-state index contributed by atoms with van der Waals surface area (Å²) >= 11 is 0. The van der Waals surface area contributed by atoms with Crippen molar-refractivity contribution in [3.8, 4) is 5.82 Å². The van der Waals surface area contributed by atoms with E-state index in [1.807, 2.05) is 6.20 Å². The topological polar surface area (TPSA) is 119 Å². The Hall–Kier alpha value is -3.72. The molecule has 0 fully saturated rings. The average molecular weight is 468 g/mol. The molecule has 1 atom stereocenters. The molecular formula is C26H29N9. The molecule has 0 saturated carbocycles. The maximum Gasteiger partial charge on any atom is 0.248 e. The number of pyridine rings is 2. The fourth-order valence-corrected chi connectivity index (χ4v) is 5.81. The highest BCUT2D eigenvalue weighted by atomic mass is 15.4. The van der Waals surface area contributed by atoms with E-state index in [1.165, 1.54) is 22.4 Å². The highest BCUT2D eigenvalue weighted by Crippen LogP contribution is 2.48. The molecule has 3 aromatic heterocycles. The predicted molar refractivity (Wildman–Crippen MR) is 136 cm³/mol. The van der Waals surface area contributed by atoms with E-state index in [4.69, 9.17) is 15.8 Å². The second-order valence-electron chi connectivity index (χ2n) is 9.94. The zero-order valence-corrected chi connectivity index (χ0v) is 19.6. The van der Waals surface area contributed by atoms with Gasteiger partial charge in [-0.25, -0.2) is 4.98 Å². The maximum absolute atomic E-state index is 6.36. The third kappa shape index (κ3) is 3.49. The molecule has 178 valence electrons. The molecule has 2 bridgehead atoms. The van der Waals surface area contributed by atoms with E-state index in [-0.39, 0.29) is 5.41 Å². The molecule has 35 heavy (non-hydrogen) atoms. The summed E-state index contributed by atoms with van der Waals surface area (Å²) in [5.41, 5.74) is 14.6. The van der Waals surface area contributed by atoms with Crippen LogP contribution in [0.1, 0.15) is 48.2 Å². The highest BCUT2D eigenvalue weighted by molar-refractivity contribution is 5.65. The van der Waals surface area contributed by atoms with Crippen molar-refractivity contribution >= 4 is 23.3 Å². The Bertz CT molecular complexity index is 1390. The van der Waals surface area contributed by atoms with Crippen molar-refractivity contribution in [3.63, 3.8) is 0 Å². The van der Waals surface area contributed by atoms with Gasteiger partial charge >= 0.3 is 0 Å². The molecule has 0 radical (unpaired) electrons. The number of nitrogens with two attached hydrogens (primary N) is 1. The number of aryl methyl sites for hydroxylation is 1. The molecule has 0 amide bonds. The van der Waals surface area contributed by atoms with Gasteiger partial charge in [-0.05, 0) is 55.4 Å². The molecule has 5 aliphatic rings. The summed E-state index contributed by atoms with van der Waals surface area (Å²) in [4.78, 5) is 14.1. The summed E-state index contributed by atoms with van der Waals surface area (Å²) in [5, 5.41) is 15.0. The number of nitrogen functional groups attached to an aromatic ring is 1. The Balaban J connectivity index is 1.26. The largest absolute Gasteiger partial charge is 0.383 e. The van der Waals surface area contributed by atoms with Gasteiger partial charge in [0.2, 0.25) is 11.9 Å². The number of fused-ring (bicyclic) bond motifs is 4. The second kappa shape index (κ2) is 7.91. The van der Waals surface area contributed by atoms with Crippen molar-refractivity contribution in [2.24, 2.45) is 0 Å². The van der Waals surface area contributed by atoms with Crippen molar-refractivity contribution in [2.45, 2.75) is 50.5 Å². The summed E-state index contributed by atoms with van der Waals surface area (Å²) in [6, 6.07) is 4.26. The number of rotatable bonds is 4. The van der Waals surface area contributed by atoms with Gasteiger partial charge in [0.25, 0.3) is 0 Å². The normalized spacial score (nSPS) is 22.2. The van der Waals surface area contributed by atoms with Crippen molar-refractivity contribution < 1.29 is 0 Å². The first-order valence-corrected chi connectivity index (χ1v) is 12.5. The molecule has 8 rings (SSSR count). The van der Waals surface area contributed by atoms with E-state index < -0.39 is 0 Å². The Morgan fingerprint density at radius 3 is 2.91 bits per heavy atom. The fourth-order valence-electron chi connectivity index (χ4n) is 5.81. The number of nitrogens with zero attached hydrogens (tertiary/aromatic N) is 5. The monoisotopic (exact) mass is 467 g/mol. The highest BCUT2D eigenvalue weighted by Gasteiger charge is 2.38. The lowest BCUT2D eigenvalue weighted by atomic mass is 9.65. The first-order valence-electron chi connectivity index (χ1n) is 12.5. The van der Waals surface area contributed by atoms with Gasteiger partial charge in [0.1, 0.15) is 0 Å². The Morgan fingerprint density at radius 1 is 1.09 bits per heavy atom. The minimum absolute atomic E-state index is 0.00682. The molecule has 0 saturated heterocycles. The minimum Gasteiger partial charge on any atom is -0.383 e. The van der Waals surface area contributed by atoms with Crippen LogP contribution in [0.2, 0.25) is 0 Å². The SMILES string of the molecule is Nc1nc(Nc2cnc3c(c2)CNCC3)nn1-c1cc(C23C=CC(=CC2)CC3)c2c(n1)CCCN2. The van der Waals surface area contributed by atoms with Gasteiger partial charge < -0.3 is 21.7 Å². The lowest BCUT2D eigenvalue weighted by Gasteiger charge is -2.40. The van der Waals surface area contributed by atoms with Crippen LogP contribution >= 0.6 is 0 Å². The average Bonchev–Trinajstić information content (AvgIpc) is 3.28. The number of anilines is 4. The number of nitrogens with one attached hydrogen (secondary N) is 3. The molecule has 3 aromatic rings. The molecule has 5 heterocycles. The maximum atomic E-state index is 6.36. The van der Waals surface area contributed by atoms with Crippen LogP contribution in [-0.4, -0.2) is 37.8 Å². The molecule has 0 spiro atoms. The summed E-state index contributed by atoms with van der Waals surface area (Å²) in [6.07, 6.45) is 15.1. The van der Waals surface area contributed by atoms with Crippen LogP contribution in [0.5, 0.6) is 0 Å².